The van der Waals surface area contributed by atoms with Crippen molar-refractivity contribution in [2.45, 2.75) is 6.92 Å². The molecule has 0 unspecified atom stereocenters. The van der Waals surface area contributed by atoms with Gasteiger partial charge >= 0.3 is 0 Å². The van der Waals surface area contributed by atoms with Crippen LogP contribution in [0.2, 0.25) is 0 Å². The van der Waals surface area contributed by atoms with Gasteiger partial charge in [-0.15, -0.1) is 0 Å². The Labute approximate surface area is 151 Å². The molecule has 0 heterocycles. The molecule has 2 aromatic carbocycles. The predicted octanol–water partition coefficient (Wildman–Crippen LogP) is 2.72. The number of methoxy groups -OCH3 is 1. The molecule has 2 aromatic rings. The topological polar surface area (TPSA) is 90.7 Å². The smallest absolute Gasteiger partial charge is 0.273 e. The molecule has 0 saturated heterocycles. The second kappa shape index (κ2) is 9.08. The highest BCUT2D eigenvalue weighted by Crippen LogP contribution is 2.25. The molecule has 1 amide bonds. The third kappa shape index (κ3) is 4.74. The van der Waals surface area contributed by atoms with Crippen LogP contribution in [0.4, 0.5) is 5.69 Å². The maximum Gasteiger partial charge on any atom is 0.273 e. The van der Waals surface area contributed by atoms with E-state index >= 15 is 0 Å². The lowest BCUT2D eigenvalue weighted by atomic mass is 10.1. The molecule has 1 N–H and O–H groups in total. The Morgan fingerprint density at radius 3 is 2.58 bits per heavy atom. The normalized spacial score (nSPS) is 9.62. The number of rotatable bonds is 6. The highest BCUT2D eigenvalue weighted by atomic mass is 16.6. The Bertz CT molecular complexity index is 868. The summed E-state index contributed by atoms with van der Waals surface area (Å²) in [5.74, 6) is 6.34. The number of carbonyl (C=O) groups is 1. The number of nitro benzene ring substituents is 1. The van der Waals surface area contributed by atoms with Crippen LogP contribution >= 0.6 is 0 Å². The molecule has 7 heteroatoms. The second-order valence-corrected chi connectivity index (χ2v) is 5.18. The van der Waals surface area contributed by atoms with Crippen LogP contribution in [0, 0.1) is 28.9 Å². The number of amides is 1. The van der Waals surface area contributed by atoms with E-state index in [0.717, 1.165) is 0 Å². The summed E-state index contributed by atoms with van der Waals surface area (Å²) in [6, 6.07) is 11.6. The van der Waals surface area contributed by atoms with Crippen molar-refractivity contribution in [2.24, 2.45) is 0 Å². The van der Waals surface area contributed by atoms with E-state index in [-0.39, 0.29) is 24.4 Å². The van der Waals surface area contributed by atoms with E-state index in [2.05, 4.69) is 17.2 Å². The van der Waals surface area contributed by atoms with Crippen molar-refractivity contribution in [1.82, 2.24) is 5.32 Å². The van der Waals surface area contributed by atoms with Gasteiger partial charge in [-0.25, -0.2) is 0 Å². The number of nitro groups is 1. The number of hydrogen-bond donors (Lipinski definition) is 1. The van der Waals surface area contributed by atoms with Gasteiger partial charge in [0.25, 0.3) is 11.6 Å². The first kappa shape index (κ1) is 18.8. The van der Waals surface area contributed by atoms with Gasteiger partial charge in [-0.05, 0) is 25.1 Å². The van der Waals surface area contributed by atoms with Crippen molar-refractivity contribution in [1.29, 1.82) is 0 Å². The van der Waals surface area contributed by atoms with E-state index in [9.17, 15) is 14.9 Å². The molecule has 0 aromatic heterocycles. The molecular formula is C19H18N2O5. The summed E-state index contributed by atoms with van der Waals surface area (Å²) < 4.78 is 10.7. The molecule has 0 atom stereocenters. The first-order valence-corrected chi connectivity index (χ1v) is 7.78. The van der Waals surface area contributed by atoms with Gasteiger partial charge in [0.1, 0.15) is 6.61 Å². The lowest BCUT2D eigenvalue weighted by Gasteiger charge is -2.07. The second-order valence-electron chi connectivity index (χ2n) is 5.18. The van der Waals surface area contributed by atoms with Crippen LogP contribution in [0.5, 0.6) is 11.5 Å². The van der Waals surface area contributed by atoms with Crippen molar-refractivity contribution in [3.8, 4) is 23.3 Å². The van der Waals surface area contributed by atoms with Gasteiger partial charge < -0.3 is 14.8 Å². The molecular weight excluding hydrogens is 336 g/mol. The molecule has 0 bridgehead atoms. The van der Waals surface area contributed by atoms with Crippen LogP contribution in [-0.4, -0.2) is 31.1 Å². The van der Waals surface area contributed by atoms with Crippen LogP contribution in [0.3, 0.4) is 0 Å². The van der Waals surface area contributed by atoms with Crippen LogP contribution in [0.15, 0.2) is 42.5 Å². The van der Waals surface area contributed by atoms with Crippen molar-refractivity contribution >= 4 is 11.6 Å². The number of ether oxygens (including phenoxy) is 2. The minimum absolute atomic E-state index is 0.0889. The molecule has 0 fully saturated rings. The molecule has 0 spiro atoms. The maximum absolute atomic E-state index is 12.1. The maximum atomic E-state index is 12.1. The highest BCUT2D eigenvalue weighted by Gasteiger charge is 2.17. The minimum atomic E-state index is -0.513. The summed E-state index contributed by atoms with van der Waals surface area (Å²) in [5, 5.41) is 13.5. The summed E-state index contributed by atoms with van der Waals surface area (Å²) in [6.45, 7) is 1.79. The Morgan fingerprint density at radius 2 is 1.88 bits per heavy atom. The Balaban J connectivity index is 1.87. The van der Waals surface area contributed by atoms with Crippen LogP contribution in [0.25, 0.3) is 0 Å². The Morgan fingerprint density at radius 1 is 1.15 bits per heavy atom. The molecule has 134 valence electrons. The summed E-state index contributed by atoms with van der Waals surface area (Å²) in [7, 11) is 1.55. The standard InChI is InChI=1S/C19H18N2O5/c1-14-15(8-7-9-16(14)21(23)24)19(22)20-12-5-6-13-26-18-11-4-3-10-17(18)25-2/h3-4,7-11H,12-13H2,1-2H3,(H,20,22). The average Bonchev–Trinajstić information content (AvgIpc) is 2.64. The molecule has 0 saturated carbocycles. The van der Waals surface area contributed by atoms with Crippen molar-refractivity contribution in [3.05, 3.63) is 63.7 Å². The van der Waals surface area contributed by atoms with Crippen LogP contribution in [-0.2, 0) is 0 Å². The first-order chi connectivity index (χ1) is 12.5. The molecule has 7 nitrogen and oxygen atoms in total. The van der Waals surface area contributed by atoms with Gasteiger partial charge in [0.05, 0.1) is 18.6 Å². The third-order valence-electron chi connectivity index (χ3n) is 3.58. The van der Waals surface area contributed by atoms with E-state index in [0.29, 0.717) is 17.1 Å². The summed E-state index contributed by atoms with van der Waals surface area (Å²) in [4.78, 5) is 22.5. The fourth-order valence-corrected chi connectivity index (χ4v) is 2.25. The van der Waals surface area contributed by atoms with Gasteiger partial charge in [-0.1, -0.05) is 30.0 Å². The molecule has 26 heavy (non-hydrogen) atoms. The van der Waals surface area contributed by atoms with Crippen LogP contribution in [0.1, 0.15) is 15.9 Å². The SMILES string of the molecule is COc1ccccc1OCC#CCNC(=O)c1cccc([N+](=O)[O-])c1C. The van der Waals surface area contributed by atoms with Crippen LogP contribution < -0.4 is 14.8 Å². The zero-order valence-electron chi connectivity index (χ0n) is 14.4. The minimum Gasteiger partial charge on any atom is -0.493 e. The summed E-state index contributed by atoms with van der Waals surface area (Å²) in [5.41, 5.74) is 0.489. The summed E-state index contributed by atoms with van der Waals surface area (Å²) >= 11 is 0. The lowest BCUT2D eigenvalue weighted by Crippen LogP contribution is -2.24. The largest absolute Gasteiger partial charge is 0.493 e. The number of nitrogens with zero attached hydrogens (tertiary/aromatic N) is 1. The zero-order chi connectivity index (χ0) is 18.9. The fourth-order valence-electron chi connectivity index (χ4n) is 2.25. The van der Waals surface area contributed by atoms with Crippen molar-refractivity contribution in [3.63, 3.8) is 0 Å². The number of para-hydroxylation sites is 2. The third-order valence-corrected chi connectivity index (χ3v) is 3.58. The van der Waals surface area contributed by atoms with E-state index in [1.807, 2.05) is 12.1 Å². The molecule has 0 aliphatic carbocycles. The van der Waals surface area contributed by atoms with E-state index in [1.54, 1.807) is 26.2 Å². The van der Waals surface area contributed by atoms with Gasteiger partial charge in [0.15, 0.2) is 11.5 Å². The molecule has 2 rings (SSSR count). The Kier molecular flexibility index (Phi) is 6.57. The first-order valence-electron chi connectivity index (χ1n) is 7.78. The highest BCUT2D eigenvalue weighted by molar-refractivity contribution is 5.96. The number of nitrogens with one attached hydrogen (secondary N) is 1. The zero-order valence-corrected chi connectivity index (χ0v) is 14.4. The molecule has 0 radical (unpaired) electrons. The van der Waals surface area contributed by atoms with E-state index < -0.39 is 10.8 Å². The average molecular weight is 354 g/mol. The summed E-state index contributed by atoms with van der Waals surface area (Å²) in [6.07, 6.45) is 0. The van der Waals surface area contributed by atoms with Crippen molar-refractivity contribution in [2.75, 3.05) is 20.3 Å². The van der Waals surface area contributed by atoms with Gasteiger partial charge in [0.2, 0.25) is 0 Å². The molecule has 0 aliphatic heterocycles. The van der Waals surface area contributed by atoms with E-state index in [4.69, 9.17) is 9.47 Å². The van der Waals surface area contributed by atoms with E-state index in [1.165, 1.54) is 18.2 Å². The fraction of sp³-hybridized carbons (Fsp3) is 0.211. The molecule has 0 aliphatic rings. The quantitative estimate of drug-likeness (QED) is 0.489. The monoisotopic (exact) mass is 354 g/mol. The number of carbonyl (C=O) groups excluding carboxylic acids is 1. The lowest BCUT2D eigenvalue weighted by molar-refractivity contribution is -0.385. The van der Waals surface area contributed by atoms with Gasteiger partial charge in [0, 0.05) is 17.2 Å². The predicted molar refractivity (Wildman–Crippen MR) is 96.4 cm³/mol. The van der Waals surface area contributed by atoms with Crippen molar-refractivity contribution < 1.29 is 19.2 Å². The Hall–Kier alpha value is -3.53. The van der Waals surface area contributed by atoms with Gasteiger partial charge in [-0.3, -0.25) is 14.9 Å². The van der Waals surface area contributed by atoms with Gasteiger partial charge in [-0.2, -0.15) is 0 Å². The number of hydrogen-bond acceptors (Lipinski definition) is 5. The number of benzene rings is 2.